The van der Waals surface area contributed by atoms with Gasteiger partial charge in [-0.05, 0) is 28.4 Å². The van der Waals surface area contributed by atoms with E-state index in [-0.39, 0.29) is 0 Å². The topological polar surface area (TPSA) is 43.6 Å². The molecular weight excluding hydrogens is 152 g/mol. The average molecular weight is 161 g/mol. The summed E-state index contributed by atoms with van der Waals surface area (Å²) in [6, 6.07) is 0. The highest BCUT2D eigenvalue weighted by Gasteiger charge is 1.98. The SMILES string of the molecule is CCCCn1nnnc1Cl. The van der Waals surface area contributed by atoms with Gasteiger partial charge < -0.3 is 0 Å². The van der Waals surface area contributed by atoms with Gasteiger partial charge in [-0.3, -0.25) is 0 Å². The largest absolute Gasteiger partial charge is 0.243 e. The molecule has 4 nitrogen and oxygen atoms in total. The van der Waals surface area contributed by atoms with Gasteiger partial charge in [-0.15, -0.1) is 0 Å². The van der Waals surface area contributed by atoms with E-state index in [0.29, 0.717) is 5.28 Å². The van der Waals surface area contributed by atoms with E-state index in [0.717, 1.165) is 19.4 Å². The number of rotatable bonds is 3. The zero-order chi connectivity index (χ0) is 7.40. The van der Waals surface area contributed by atoms with E-state index in [1.807, 2.05) is 0 Å². The molecule has 0 saturated carbocycles. The molecule has 0 fully saturated rings. The number of aryl methyl sites for hydroxylation is 1. The van der Waals surface area contributed by atoms with Crippen molar-refractivity contribution in [2.24, 2.45) is 0 Å². The summed E-state index contributed by atoms with van der Waals surface area (Å²) in [5, 5.41) is 11.0. The minimum atomic E-state index is 0.369. The lowest BCUT2D eigenvalue weighted by atomic mass is 10.3. The first-order valence-electron chi connectivity index (χ1n) is 3.26. The standard InChI is InChI=1S/C5H9ClN4/c1-2-3-4-10-5(6)7-8-9-10/h2-4H2,1H3. The van der Waals surface area contributed by atoms with Crippen molar-refractivity contribution in [1.82, 2.24) is 20.2 Å². The Morgan fingerprint density at radius 1 is 1.60 bits per heavy atom. The van der Waals surface area contributed by atoms with E-state index >= 15 is 0 Å². The third kappa shape index (κ3) is 1.67. The molecule has 1 aromatic rings. The van der Waals surface area contributed by atoms with Gasteiger partial charge in [-0.2, -0.15) is 0 Å². The van der Waals surface area contributed by atoms with E-state index in [2.05, 4.69) is 22.4 Å². The number of nitrogens with zero attached hydrogens (tertiary/aromatic N) is 4. The van der Waals surface area contributed by atoms with Crippen molar-refractivity contribution in [2.75, 3.05) is 0 Å². The van der Waals surface area contributed by atoms with Crippen LogP contribution in [0.1, 0.15) is 19.8 Å². The summed E-state index contributed by atoms with van der Waals surface area (Å²) in [5.41, 5.74) is 0. The van der Waals surface area contributed by atoms with Crippen molar-refractivity contribution in [3.8, 4) is 0 Å². The zero-order valence-corrected chi connectivity index (χ0v) is 6.54. The molecule has 0 N–H and O–H groups in total. The molecule has 1 heterocycles. The predicted molar refractivity (Wildman–Crippen MR) is 37.7 cm³/mol. The van der Waals surface area contributed by atoms with Crippen LogP contribution in [0.5, 0.6) is 0 Å². The molecule has 0 aliphatic carbocycles. The van der Waals surface area contributed by atoms with Crippen molar-refractivity contribution in [1.29, 1.82) is 0 Å². The van der Waals surface area contributed by atoms with E-state index < -0.39 is 0 Å². The highest BCUT2D eigenvalue weighted by atomic mass is 35.5. The van der Waals surface area contributed by atoms with Gasteiger partial charge in [0, 0.05) is 6.54 Å². The van der Waals surface area contributed by atoms with Crippen molar-refractivity contribution >= 4 is 11.6 Å². The van der Waals surface area contributed by atoms with Gasteiger partial charge in [-0.25, -0.2) is 4.68 Å². The monoisotopic (exact) mass is 160 g/mol. The molecule has 0 saturated heterocycles. The lowest BCUT2D eigenvalue weighted by Gasteiger charge is -1.95. The molecule has 0 radical (unpaired) electrons. The fourth-order valence-corrected chi connectivity index (χ4v) is 0.791. The number of tetrazole rings is 1. The second kappa shape index (κ2) is 3.51. The molecule has 0 aliphatic heterocycles. The van der Waals surface area contributed by atoms with Gasteiger partial charge in [0.2, 0.25) is 5.28 Å². The average Bonchev–Trinajstić information content (AvgIpc) is 2.31. The Morgan fingerprint density at radius 3 is 2.90 bits per heavy atom. The molecule has 1 aromatic heterocycles. The fraction of sp³-hybridized carbons (Fsp3) is 0.800. The summed E-state index contributed by atoms with van der Waals surface area (Å²) in [6.07, 6.45) is 2.18. The maximum absolute atomic E-state index is 5.60. The first-order chi connectivity index (χ1) is 4.84. The molecule has 0 unspecified atom stereocenters. The number of aromatic nitrogens is 4. The van der Waals surface area contributed by atoms with Gasteiger partial charge in [0.15, 0.2) is 0 Å². The second-order valence-electron chi connectivity index (χ2n) is 2.02. The summed E-state index contributed by atoms with van der Waals surface area (Å²) in [7, 11) is 0. The van der Waals surface area contributed by atoms with Gasteiger partial charge in [0.25, 0.3) is 0 Å². The Bertz CT molecular complexity index is 197. The maximum atomic E-state index is 5.60. The second-order valence-corrected chi connectivity index (χ2v) is 2.36. The lowest BCUT2D eigenvalue weighted by Crippen LogP contribution is -1.99. The molecule has 0 aromatic carbocycles. The third-order valence-electron chi connectivity index (χ3n) is 1.21. The number of halogens is 1. The van der Waals surface area contributed by atoms with E-state index in [9.17, 15) is 0 Å². The van der Waals surface area contributed by atoms with Crippen molar-refractivity contribution in [3.05, 3.63) is 5.28 Å². The molecule has 0 bridgehead atoms. The van der Waals surface area contributed by atoms with Crippen LogP contribution in [0.2, 0.25) is 5.28 Å². The summed E-state index contributed by atoms with van der Waals surface area (Å²) >= 11 is 5.60. The van der Waals surface area contributed by atoms with Gasteiger partial charge in [0.05, 0.1) is 0 Å². The minimum absolute atomic E-state index is 0.369. The van der Waals surface area contributed by atoms with Crippen molar-refractivity contribution in [3.63, 3.8) is 0 Å². The molecule has 10 heavy (non-hydrogen) atoms. The summed E-state index contributed by atoms with van der Waals surface area (Å²) in [5.74, 6) is 0. The Balaban J connectivity index is 2.49. The number of hydrogen-bond acceptors (Lipinski definition) is 3. The number of hydrogen-bond donors (Lipinski definition) is 0. The summed E-state index contributed by atoms with van der Waals surface area (Å²) in [4.78, 5) is 0. The molecule has 5 heteroatoms. The highest BCUT2D eigenvalue weighted by molar-refractivity contribution is 6.28. The number of unbranched alkanes of at least 4 members (excludes halogenated alkanes) is 1. The molecule has 1 rings (SSSR count). The van der Waals surface area contributed by atoms with Gasteiger partial charge >= 0.3 is 0 Å². The lowest BCUT2D eigenvalue weighted by molar-refractivity contribution is 0.553. The third-order valence-corrected chi connectivity index (χ3v) is 1.48. The van der Waals surface area contributed by atoms with E-state index in [1.54, 1.807) is 4.68 Å². The molecule has 0 amide bonds. The first-order valence-corrected chi connectivity index (χ1v) is 3.64. The zero-order valence-electron chi connectivity index (χ0n) is 5.79. The molecule has 0 aliphatic rings. The predicted octanol–water partition coefficient (Wildman–Crippen LogP) is 1.13. The van der Waals surface area contributed by atoms with Crippen LogP contribution in [0.4, 0.5) is 0 Å². The quantitative estimate of drug-likeness (QED) is 0.666. The van der Waals surface area contributed by atoms with Crippen LogP contribution in [0, 0.1) is 0 Å². The smallest absolute Gasteiger partial charge is 0.216 e. The van der Waals surface area contributed by atoms with Crippen LogP contribution in [0.15, 0.2) is 0 Å². The fourth-order valence-electron chi connectivity index (χ4n) is 0.639. The summed E-state index contributed by atoms with van der Waals surface area (Å²) in [6.45, 7) is 2.92. The van der Waals surface area contributed by atoms with Crippen LogP contribution >= 0.6 is 11.6 Å². The molecule has 56 valence electrons. The Hall–Kier alpha value is -0.640. The van der Waals surface area contributed by atoms with Crippen molar-refractivity contribution in [2.45, 2.75) is 26.3 Å². The molecular formula is C5H9ClN4. The van der Waals surface area contributed by atoms with Crippen molar-refractivity contribution < 1.29 is 0 Å². The van der Waals surface area contributed by atoms with Crippen LogP contribution in [0.25, 0.3) is 0 Å². The van der Waals surface area contributed by atoms with Crippen LogP contribution < -0.4 is 0 Å². The minimum Gasteiger partial charge on any atom is -0.216 e. The maximum Gasteiger partial charge on any atom is 0.243 e. The highest BCUT2D eigenvalue weighted by Crippen LogP contribution is 2.01. The normalized spacial score (nSPS) is 10.2. The van der Waals surface area contributed by atoms with Crippen LogP contribution in [-0.2, 0) is 6.54 Å². The molecule has 0 spiro atoms. The van der Waals surface area contributed by atoms with E-state index in [4.69, 9.17) is 11.6 Å². The van der Waals surface area contributed by atoms with E-state index in [1.165, 1.54) is 0 Å². The Kier molecular flexibility index (Phi) is 2.62. The molecule has 0 atom stereocenters. The Morgan fingerprint density at radius 2 is 2.40 bits per heavy atom. The van der Waals surface area contributed by atoms with Gasteiger partial charge in [-0.1, -0.05) is 18.4 Å². The van der Waals surface area contributed by atoms with Gasteiger partial charge in [0.1, 0.15) is 0 Å². The summed E-state index contributed by atoms with van der Waals surface area (Å²) < 4.78 is 1.59. The van der Waals surface area contributed by atoms with Crippen LogP contribution in [-0.4, -0.2) is 20.2 Å². The first kappa shape index (κ1) is 7.47. The Labute approximate surface area is 64.2 Å². The van der Waals surface area contributed by atoms with Crippen LogP contribution in [0.3, 0.4) is 0 Å².